The second-order valence-corrected chi connectivity index (χ2v) is 4.83. The van der Waals surface area contributed by atoms with Gasteiger partial charge in [0.05, 0.1) is 12.5 Å². The quantitative estimate of drug-likeness (QED) is 0.662. The van der Waals surface area contributed by atoms with Gasteiger partial charge in [-0.25, -0.2) is 0 Å². The van der Waals surface area contributed by atoms with Gasteiger partial charge in [-0.2, -0.15) is 0 Å². The number of nitrogens with two attached hydrogens (primary N) is 1. The number of amides is 3. The molecule has 2 rings (SSSR count). The molecule has 1 aromatic carbocycles. The van der Waals surface area contributed by atoms with Gasteiger partial charge < -0.3 is 21.1 Å². The second-order valence-electron chi connectivity index (χ2n) is 4.83. The molecule has 1 aliphatic heterocycles. The Hall–Kier alpha value is -2.41. The molecule has 0 aromatic heterocycles. The molecular formula is C14H17N3O4. The normalized spacial score (nSPS) is 17.9. The molecule has 3 amide bonds. The molecule has 1 unspecified atom stereocenters. The molecule has 21 heavy (non-hydrogen) atoms. The standard InChI is InChI=1S/C14H17N3O4/c15-13(20)10-7-12(19)17(8-10)11-3-1-9(2-4-11)14(21)16-5-6-18/h1-4,10,18H,5-8H2,(H2,15,20)(H,16,21). The lowest BCUT2D eigenvalue weighted by molar-refractivity contribution is -0.123. The number of hydrogen-bond donors (Lipinski definition) is 3. The molecule has 1 saturated heterocycles. The van der Waals surface area contributed by atoms with Crippen LogP contribution in [0, 0.1) is 5.92 Å². The lowest BCUT2D eigenvalue weighted by Gasteiger charge is -2.16. The summed E-state index contributed by atoms with van der Waals surface area (Å²) in [5, 5.41) is 11.2. The Labute approximate surface area is 121 Å². The van der Waals surface area contributed by atoms with Crippen molar-refractivity contribution in [1.82, 2.24) is 5.32 Å². The minimum absolute atomic E-state index is 0.119. The number of nitrogens with zero attached hydrogens (tertiary/aromatic N) is 1. The molecule has 1 aromatic rings. The van der Waals surface area contributed by atoms with Crippen molar-refractivity contribution in [3.8, 4) is 0 Å². The van der Waals surface area contributed by atoms with E-state index >= 15 is 0 Å². The number of anilines is 1. The SMILES string of the molecule is NC(=O)C1CC(=O)N(c2ccc(C(=O)NCCO)cc2)C1. The van der Waals surface area contributed by atoms with Crippen LogP contribution in [0.5, 0.6) is 0 Å². The molecule has 1 fully saturated rings. The maximum absolute atomic E-state index is 11.9. The van der Waals surface area contributed by atoms with E-state index in [1.807, 2.05) is 0 Å². The summed E-state index contributed by atoms with van der Waals surface area (Å²) < 4.78 is 0. The van der Waals surface area contributed by atoms with Crippen LogP contribution in [0.25, 0.3) is 0 Å². The number of rotatable bonds is 5. The summed E-state index contributed by atoms with van der Waals surface area (Å²) in [7, 11) is 0. The van der Waals surface area contributed by atoms with Gasteiger partial charge in [-0.1, -0.05) is 0 Å². The number of carbonyl (C=O) groups is 3. The Morgan fingerprint density at radius 2 is 2.00 bits per heavy atom. The predicted octanol–water partition coefficient (Wildman–Crippen LogP) is -0.753. The van der Waals surface area contributed by atoms with E-state index in [2.05, 4.69) is 5.32 Å². The van der Waals surface area contributed by atoms with Crippen LogP contribution >= 0.6 is 0 Å². The lowest BCUT2D eigenvalue weighted by Crippen LogP contribution is -2.28. The third-order valence-corrected chi connectivity index (χ3v) is 3.37. The van der Waals surface area contributed by atoms with Gasteiger partial charge in [0.1, 0.15) is 0 Å². The van der Waals surface area contributed by atoms with Gasteiger partial charge in [0, 0.05) is 30.8 Å². The first-order valence-corrected chi connectivity index (χ1v) is 6.61. The third-order valence-electron chi connectivity index (χ3n) is 3.37. The summed E-state index contributed by atoms with van der Waals surface area (Å²) >= 11 is 0. The molecule has 1 aliphatic rings. The van der Waals surface area contributed by atoms with Crippen LogP contribution in [0.15, 0.2) is 24.3 Å². The van der Waals surface area contributed by atoms with Gasteiger partial charge >= 0.3 is 0 Å². The van der Waals surface area contributed by atoms with Crippen molar-refractivity contribution in [1.29, 1.82) is 0 Å². The van der Waals surface area contributed by atoms with Gasteiger partial charge in [-0.3, -0.25) is 14.4 Å². The average molecular weight is 291 g/mol. The van der Waals surface area contributed by atoms with Gasteiger partial charge in [-0.15, -0.1) is 0 Å². The van der Waals surface area contributed by atoms with E-state index < -0.39 is 11.8 Å². The highest BCUT2D eigenvalue weighted by Gasteiger charge is 2.33. The molecule has 0 bridgehead atoms. The van der Waals surface area contributed by atoms with Gasteiger partial charge in [-0.05, 0) is 24.3 Å². The average Bonchev–Trinajstić information content (AvgIpc) is 2.87. The van der Waals surface area contributed by atoms with E-state index in [0.29, 0.717) is 11.3 Å². The van der Waals surface area contributed by atoms with E-state index in [1.54, 1.807) is 24.3 Å². The second kappa shape index (κ2) is 6.36. The summed E-state index contributed by atoms with van der Waals surface area (Å²) in [5.74, 6) is -1.40. The number of aliphatic hydroxyl groups is 1. The topological polar surface area (TPSA) is 113 Å². The zero-order valence-corrected chi connectivity index (χ0v) is 11.4. The molecule has 7 nitrogen and oxygen atoms in total. The van der Waals surface area contributed by atoms with E-state index in [4.69, 9.17) is 10.8 Å². The monoisotopic (exact) mass is 291 g/mol. The molecule has 0 radical (unpaired) electrons. The molecule has 1 heterocycles. The van der Waals surface area contributed by atoms with E-state index in [0.717, 1.165) is 0 Å². The summed E-state index contributed by atoms with van der Waals surface area (Å²) in [5.41, 5.74) is 6.28. The van der Waals surface area contributed by atoms with Crippen LogP contribution in [-0.2, 0) is 9.59 Å². The van der Waals surface area contributed by atoms with Crippen LogP contribution in [0.3, 0.4) is 0 Å². The van der Waals surface area contributed by atoms with Crippen molar-refractivity contribution < 1.29 is 19.5 Å². The van der Waals surface area contributed by atoms with Crippen molar-refractivity contribution >= 4 is 23.4 Å². The van der Waals surface area contributed by atoms with E-state index in [9.17, 15) is 14.4 Å². The maximum Gasteiger partial charge on any atom is 0.251 e. The Kier molecular flexibility index (Phi) is 4.54. The number of hydrogen-bond acceptors (Lipinski definition) is 4. The first-order valence-electron chi connectivity index (χ1n) is 6.61. The van der Waals surface area contributed by atoms with E-state index in [1.165, 1.54) is 4.90 Å². The minimum Gasteiger partial charge on any atom is -0.395 e. The highest BCUT2D eigenvalue weighted by Crippen LogP contribution is 2.25. The van der Waals surface area contributed by atoms with Crippen LogP contribution in [0.2, 0.25) is 0 Å². The maximum atomic E-state index is 11.9. The fourth-order valence-corrected chi connectivity index (χ4v) is 2.21. The first kappa shape index (κ1) is 15.0. The van der Waals surface area contributed by atoms with Crippen LogP contribution in [0.4, 0.5) is 5.69 Å². The van der Waals surface area contributed by atoms with Gasteiger partial charge in [0.25, 0.3) is 5.91 Å². The summed E-state index contributed by atoms with van der Waals surface area (Å²) in [6.07, 6.45) is 0.119. The van der Waals surface area contributed by atoms with Gasteiger partial charge in [0.2, 0.25) is 11.8 Å². The Morgan fingerprint density at radius 3 is 2.52 bits per heavy atom. The van der Waals surface area contributed by atoms with Crippen molar-refractivity contribution in [2.75, 3.05) is 24.6 Å². The summed E-state index contributed by atoms with van der Waals surface area (Å²) in [6.45, 7) is 0.330. The van der Waals surface area contributed by atoms with Crippen LogP contribution in [0.1, 0.15) is 16.8 Å². The largest absolute Gasteiger partial charge is 0.395 e. The lowest BCUT2D eigenvalue weighted by atomic mass is 10.1. The number of aliphatic hydroxyl groups excluding tert-OH is 1. The molecule has 7 heteroatoms. The molecule has 112 valence electrons. The number of carbonyl (C=O) groups excluding carboxylic acids is 3. The van der Waals surface area contributed by atoms with Crippen molar-refractivity contribution in [2.24, 2.45) is 11.7 Å². The molecular weight excluding hydrogens is 274 g/mol. The van der Waals surface area contributed by atoms with Crippen molar-refractivity contribution in [2.45, 2.75) is 6.42 Å². The van der Waals surface area contributed by atoms with Crippen molar-refractivity contribution in [3.63, 3.8) is 0 Å². The molecule has 0 aliphatic carbocycles. The highest BCUT2D eigenvalue weighted by atomic mass is 16.3. The highest BCUT2D eigenvalue weighted by molar-refractivity contribution is 6.00. The van der Waals surface area contributed by atoms with Crippen molar-refractivity contribution in [3.05, 3.63) is 29.8 Å². The molecule has 0 spiro atoms. The van der Waals surface area contributed by atoms with Crippen LogP contribution < -0.4 is 16.0 Å². The fraction of sp³-hybridized carbons (Fsp3) is 0.357. The Balaban J connectivity index is 2.07. The smallest absolute Gasteiger partial charge is 0.251 e. The zero-order chi connectivity index (χ0) is 15.4. The fourth-order valence-electron chi connectivity index (χ4n) is 2.21. The Bertz CT molecular complexity index is 556. The van der Waals surface area contributed by atoms with Crippen LogP contribution in [-0.4, -0.2) is 42.5 Å². The molecule has 4 N–H and O–H groups in total. The number of nitrogens with one attached hydrogen (secondary N) is 1. The minimum atomic E-state index is -0.481. The first-order chi connectivity index (χ1) is 10.0. The number of primary amides is 1. The molecule has 1 atom stereocenters. The Morgan fingerprint density at radius 1 is 1.33 bits per heavy atom. The van der Waals surface area contributed by atoms with E-state index in [-0.39, 0.29) is 37.9 Å². The van der Waals surface area contributed by atoms with Gasteiger partial charge in [0.15, 0.2) is 0 Å². The number of benzene rings is 1. The molecule has 0 saturated carbocycles. The third kappa shape index (κ3) is 3.38. The zero-order valence-electron chi connectivity index (χ0n) is 11.4. The summed E-state index contributed by atoms with van der Waals surface area (Å²) in [6, 6.07) is 6.48. The summed E-state index contributed by atoms with van der Waals surface area (Å²) in [4.78, 5) is 36.2. The predicted molar refractivity (Wildman–Crippen MR) is 75.5 cm³/mol.